The smallest absolute Gasteiger partial charge is 0.0189 e. The average molecular weight is 228 g/mol. The van der Waals surface area contributed by atoms with Gasteiger partial charge in [0, 0.05) is 18.1 Å². The molecule has 0 aromatic rings. The highest BCUT2D eigenvalue weighted by Crippen LogP contribution is 2.08. The summed E-state index contributed by atoms with van der Waals surface area (Å²) < 4.78 is 0. The van der Waals surface area contributed by atoms with Crippen molar-refractivity contribution in [3.63, 3.8) is 0 Å². The Morgan fingerprint density at radius 2 is 1.81 bits per heavy atom. The predicted molar refractivity (Wildman–Crippen MR) is 74.0 cm³/mol. The first-order chi connectivity index (χ1) is 7.43. The van der Waals surface area contributed by atoms with Gasteiger partial charge in [-0.15, -0.1) is 0 Å². The lowest BCUT2D eigenvalue weighted by atomic mass is 10.0. The van der Waals surface area contributed by atoms with Crippen molar-refractivity contribution in [2.45, 2.75) is 71.9 Å². The Morgan fingerprint density at radius 1 is 1.19 bits per heavy atom. The molecule has 0 aliphatic carbocycles. The van der Waals surface area contributed by atoms with Crippen LogP contribution in [-0.2, 0) is 0 Å². The molecule has 0 radical (unpaired) electrons. The minimum Gasteiger partial charge on any atom is -0.310 e. The summed E-state index contributed by atoms with van der Waals surface area (Å²) in [6.45, 7) is 13.7. The molecule has 98 valence electrons. The van der Waals surface area contributed by atoms with Gasteiger partial charge >= 0.3 is 0 Å². The molecule has 2 heteroatoms. The third-order valence-corrected chi connectivity index (χ3v) is 3.63. The van der Waals surface area contributed by atoms with Crippen LogP contribution in [0.4, 0.5) is 0 Å². The number of rotatable bonds is 9. The second-order valence-electron chi connectivity index (χ2n) is 5.66. The van der Waals surface area contributed by atoms with E-state index in [1.807, 2.05) is 0 Å². The van der Waals surface area contributed by atoms with Gasteiger partial charge in [0.05, 0.1) is 0 Å². The lowest BCUT2D eigenvalue weighted by Gasteiger charge is -2.30. The van der Waals surface area contributed by atoms with Crippen LogP contribution in [0, 0.1) is 0 Å². The van der Waals surface area contributed by atoms with E-state index in [2.05, 4.69) is 51.9 Å². The third kappa shape index (κ3) is 7.24. The van der Waals surface area contributed by atoms with Crippen molar-refractivity contribution in [2.75, 3.05) is 20.1 Å². The lowest BCUT2D eigenvalue weighted by Crippen LogP contribution is -2.46. The molecule has 1 atom stereocenters. The van der Waals surface area contributed by atoms with Crippen molar-refractivity contribution in [1.29, 1.82) is 0 Å². The van der Waals surface area contributed by atoms with Gasteiger partial charge < -0.3 is 10.2 Å². The summed E-state index contributed by atoms with van der Waals surface area (Å²) in [5, 5.41) is 3.64. The Kier molecular flexibility index (Phi) is 8.04. The first-order valence-corrected chi connectivity index (χ1v) is 6.88. The van der Waals surface area contributed by atoms with Crippen LogP contribution in [0.25, 0.3) is 0 Å². The zero-order valence-corrected chi connectivity index (χ0v) is 12.3. The zero-order chi connectivity index (χ0) is 12.6. The molecule has 0 heterocycles. The summed E-state index contributed by atoms with van der Waals surface area (Å²) >= 11 is 0. The van der Waals surface area contributed by atoms with Crippen molar-refractivity contribution in [3.8, 4) is 0 Å². The fourth-order valence-electron chi connectivity index (χ4n) is 1.54. The fraction of sp³-hybridized carbons (Fsp3) is 1.00. The van der Waals surface area contributed by atoms with Crippen molar-refractivity contribution in [1.82, 2.24) is 10.2 Å². The van der Waals surface area contributed by atoms with Crippen molar-refractivity contribution in [3.05, 3.63) is 0 Å². The van der Waals surface area contributed by atoms with Gasteiger partial charge in [0.1, 0.15) is 0 Å². The van der Waals surface area contributed by atoms with Gasteiger partial charge in [0.2, 0.25) is 0 Å². The minimum absolute atomic E-state index is 0.276. The summed E-state index contributed by atoms with van der Waals surface area (Å²) in [5.74, 6) is 0. The van der Waals surface area contributed by atoms with E-state index in [1.54, 1.807) is 0 Å². The van der Waals surface area contributed by atoms with Gasteiger partial charge in [-0.05, 0) is 47.2 Å². The molecule has 1 N–H and O–H groups in total. The molecule has 0 bridgehead atoms. The maximum atomic E-state index is 3.64. The van der Waals surface area contributed by atoms with Gasteiger partial charge in [-0.3, -0.25) is 0 Å². The Morgan fingerprint density at radius 3 is 2.31 bits per heavy atom. The molecule has 0 saturated carbocycles. The van der Waals surface area contributed by atoms with Gasteiger partial charge in [-0.25, -0.2) is 0 Å². The quantitative estimate of drug-likeness (QED) is 0.609. The molecule has 0 saturated heterocycles. The van der Waals surface area contributed by atoms with Crippen LogP contribution in [0.1, 0.15) is 60.3 Å². The van der Waals surface area contributed by atoms with Crippen LogP contribution >= 0.6 is 0 Å². The molecule has 0 fully saturated rings. The monoisotopic (exact) mass is 228 g/mol. The first kappa shape index (κ1) is 15.9. The largest absolute Gasteiger partial charge is 0.310 e. The highest BCUT2D eigenvalue weighted by Gasteiger charge is 2.16. The summed E-state index contributed by atoms with van der Waals surface area (Å²) in [6, 6.07) is 0.627. The van der Waals surface area contributed by atoms with E-state index in [-0.39, 0.29) is 5.54 Å². The van der Waals surface area contributed by atoms with Gasteiger partial charge in [0.15, 0.2) is 0 Å². The topological polar surface area (TPSA) is 15.3 Å². The molecule has 1 unspecified atom stereocenters. The first-order valence-electron chi connectivity index (χ1n) is 6.88. The van der Waals surface area contributed by atoms with E-state index in [9.17, 15) is 0 Å². The third-order valence-electron chi connectivity index (χ3n) is 3.63. The van der Waals surface area contributed by atoms with Gasteiger partial charge in [-0.1, -0.05) is 26.7 Å². The Bertz CT molecular complexity index is 166. The van der Waals surface area contributed by atoms with E-state index in [1.165, 1.54) is 32.2 Å². The zero-order valence-electron chi connectivity index (χ0n) is 12.3. The van der Waals surface area contributed by atoms with E-state index in [0.29, 0.717) is 6.04 Å². The van der Waals surface area contributed by atoms with E-state index in [4.69, 9.17) is 0 Å². The molecule has 0 rings (SSSR count). The van der Waals surface area contributed by atoms with Crippen molar-refractivity contribution >= 4 is 0 Å². The second-order valence-corrected chi connectivity index (χ2v) is 5.66. The summed E-state index contributed by atoms with van der Waals surface area (Å²) in [6.07, 6.45) is 5.17. The van der Waals surface area contributed by atoms with E-state index in [0.717, 1.165) is 6.54 Å². The highest BCUT2D eigenvalue weighted by molar-refractivity contribution is 4.78. The van der Waals surface area contributed by atoms with Crippen LogP contribution in [-0.4, -0.2) is 36.6 Å². The van der Waals surface area contributed by atoms with Crippen LogP contribution in [0.3, 0.4) is 0 Å². The molecule has 0 aromatic carbocycles. The Hall–Kier alpha value is -0.0800. The van der Waals surface area contributed by atoms with Crippen LogP contribution in [0.2, 0.25) is 0 Å². The predicted octanol–water partition coefficient (Wildman–Crippen LogP) is 3.28. The van der Waals surface area contributed by atoms with Crippen LogP contribution < -0.4 is 5.32 Å². The number of hydrogen-bond acceptors (Lipinski definition) is 2. The molecule has 2 nitrogen and oxygen atoms in total. The number of hydrogen-bond donors (Lipinski definition) is 1. The van der Waals surface area contributed by atoms with E-state index < -0.39 is 0 Å². The summed E-state index contributed by atoms with van der Waals surface area (Å²) in [5.41, 5.74) is 0.276. The standard InChI is InChI=1S/C14H32N2/c1-7-9-10-11-16(6)13(3)12-15-14(4,5)8-2/h13,15H,7-12H2,1-6H3. The average Bonchev–Trinajstić information content (AvgIpc) is 2.26. The maximum absolute atomic E-state index is 3.64. The molecule has 0 aromatic heterocycles. The molecule has 0 spiro atoms. The van der Waals surface area contributed by atoms with E-state index >= 15 is 0 Å². The number of nitrogens with zero attached hydrogens (tertiary/aromatic N) is 1. The molecular weight excluding hydrogens is 196 g/mol. The van der Waals surface area contributed by atoms with Gasteiger partial charge in [0.25, 0.3) is 0 Å². The molecule has 0 aliphatic rings. The maximum Gasteiger partial charge on any atom is 0.0189 e. The van der Waals surface area contributed by atoms with Crippen LogP contribution in [0.5, 0.6) is 0 Å². The molecule has 16 heavy (non-hydrogen) atoms. The number of likely N-dealkylation sites (N-methyl/N-ethyl adjacent to an activating group) is 1. The highest BCUT2D eigenvalue weighted by atomic mass is 15.1. The summed E-state index contributed by atoms with van der Waals surface area (Å²) in [7, 11) is 2.24. The normalized spacial score (nSPS) is 14.4. The van der Waals surface area contributed by atoms with Crippen LogP contribution in [0.15, 0.2) is 0 Å². The second kappa shape index (κ2) is 8.08. The molecular formula is C14H32N2. The molecule has 0 amide bonds. The van der Waals surface area contributed by atoms with Crippen molar-refractivity contribution in [2.24, 2.45) is 0 Å². The van der Waals surface area contributed by atoms with Crippen molar-refractivity contribution < 1.29 is 0 Å². The number of nitrogens with one attached hydrogen (secondary N) is 1. The summed E-state index contributed by atoms with van der Waals surface area (Å²) in [4.78, 5) is 2.47. The lowest BCUT2D eigenvalue weighted by molar-refractivity contribution is 0.226. The minimum atomic E-state index is 0.276. The Balaban J connectivity index is 3.74. The SMILES string of the molecule is CCCCCN(C)C(C)CNC(C)(C)CC. The molecule has 0 aliphatic heterocycles. The Labute approximate surface area is 103 Å². The number of unbranched alkanes of at least 4 members (excludes halogenated alkanes) is 2. The van der Waals surface area contributed by atoms with Gasteiger partial charge in [-0.2, -0.15) is 0 Å². The fourth-order valence-corrected chi connectivity index (χ4v) is 1.54.